The number of hydrogen-bond acceptors (Lipinski definition) is 10. The Morgan fingerprint density at radius 2 is 1.72 bits per heavy atom. The average molecular weight is 551 g/mol. The van der Waals surface area contributed by atoms with Crippen molar-refractivity contribution in [3.05, 3.63) is 11.6 Å². The van der Waals surface area contributed by atoms with Crippen molar-refractivity contribution in [3.63, 3.8) is 0 Å². The summed E-state index contributed by atoms with van der Waals surface area (Å²) in [5, 5.41) is 55.0. The van der Waals surface area contributed by atoms with Crippen LogP contribution in [0.5, 0.6) is 0 Å². The van der Waals surface area contributed by atoms with Gasteiger partial charge < -0.3 is 44.5 Å². The van der Waals surface area contributed by atoms with Crippen LogP contribution >= 0.6 is 0 Å². The predicted octanol–water partition coefficient (Wildman–Crippen LogP) is 0.750. The van der Waals surface area contributed by atoms with E-state index in [0.29, 0.717) is 44.9 Å². The van der Waals surface area contributed by atoms with Gasteiger partial charge in [0.1, 0.15) is 31.2 Å². The lowest BCUT2D eigenvalue weighted by atomic mass is 9.41. The number of hydrogen-bond donors (Lipinski definition) is 5. The quantitative estimate of drug-likeness (QED) is 0.192. The molecule has 0 bridgehead atoms. The van der Waals surface area contributed by atoms with Crippen LogP contribution in [0.2, 0.25) is 0 Å². The standard InChI is InChI=1S/C29H42O10/c1-15-22(32)23(33)24(34)25(38-15)39-17-3-8-27(14-30)19-4-7-26(2)18(16-11-21(31)37-13-16)6-10-29(26,36)20(19)5-9-28(27,35)12-17/h11,14-15,17-20,22-25,32-36H,3-10,12-13H2,1-2H3/t15-,17-,18-,19+,20-,22+,23-,24-,25+,26-,27+,28+,29+/m1/s1. The number of carbonyl (C=O) groups excluding carboxylic acids is 2. The van der Waals surface area contributed by atoms with Crippen molar-refractivity contribution >= 4 is 12.3 Å². The maximum absolute atomic E-state index is 13.0. The highest BCUT2D eigenvalue weighted by atomic mass is 16.7. The molecule has 10 nitrogen and oxygen atoms in total. The van der Waals surface area contributed by atoms with Gasteiger partial charge in [0.15, 0.2) is 6.29 Å². The molecule has 6 aliphatic rings. The number of ether oxygens (including phenoxy) is 3. The Morgan fingerprint density at radius 3 is 2.41 bits per heavy atom. The van der Waals surface area contributed by atoms with Crippen molar-refractivity contribution in [1.29, 1.82) is 0 Å². The van der Waals surface area contributed by atoms with Crippen molar-refractivity contribution in [2.75, 3.05) is 6.61 Å². The molecule has 5 N–H and O–H groups in total. The largest absolute Gasteiger partial charge is 0.458 e. The third-order valence-electron chi connectivity index (χ3n) is 12.0. The van der Waals surface area contributed by atoms with Gasteiger partial charge in [-0.2, -0.15) is 0 Å². The van der Waals surface area contributed by atoms with Gasteiger partial charge in [0.05, 0.1) is 28.8 Å². The number of aliphatic hydroxyl groups excluding tert-OH is 3. The van der Waals surface area contributed by atoms with E-state index in [1.807, 2.05) is 0 Å². The number of cyclic esters (lactones) is 1. The van der Waals surface area contributed by atoms with Gasteiger partial charge in [-0.15, -0.1) is 0 Å². The van der Waals surface area contributed by atoms with Crippen LogP contribution in [0.15, 0.2) is 11.6 Å². The summed E-state index contributed by atoms with van der Waals surface area (Å²) in [6.45, 7) is 3.98. The second-order valence-corrected chi connectivity index (χ2v) is 13.4. The lowest BCUT2D eigenvalue weighted by Gasteiger charge is -2.65. The molecule has 0 spiro atoms. The second-order valence-electron chi connectivity index (χ2n) is 13.4. The first-order valence-electron chi connectivity index (χ1n) is 14.5. The third kappa shape index (κ3) is 3.78. The maximum Gasteiger partial charge on any atom is 0.331 e. The summed E-state index contributed by atoms with van der Waals surface area (Å²) in [4.78, 5) is 24.8. The lowest BCUT2D eigenvalue weighted by Crippen LogP contribution is -2.69. The van der Waals surface area contributed by atoms with Gasteiger partial charge in [-0.3, -0.25) is 0 Å². The SMILES string of the molecule is C[C@H]1O[C@@H](O[C@@H]2CC[C@]3(C=O)[C@H]4CC[C@]5(C)[C@@H](C6=CC(=O)OC6)CC[C@]5(O)[C@@H]4CC[C@]3(O)C2)[C@H](O)[C@H](O)[C@H]1O. The van der Waals surface area contributed by atoms with E-state index >= 15 is 0 Å². The number of aliphatic hydroxyl groups is 5. The number of aldehydes is 1. The molecule has 2 aliphatic heterocycles. The molecule has 0 aromatic rings. The van der Waals surface area contributed by atoms with Gasteiger partial charge in [0.25, 0.3) is 0 Å². The fourth-order valence-corrected chi connectivity index (χ4v) is 9.75. The molecule has 39 heavy (non-hydrogen) atoms. The van der Waals surface area contributed by atoms with Crippen LogP contribution in [0.1, 0.15) is 71.6 Å². The first kappa shape index (κ1) is 27.8. The van der Waals surface area contributed by atoms with Gasteiger partial charge in [-0.05, 0) is 81.6 Å². The molecule has 5 fully saturated rings. The highest BCUT2D eigenvalue weighted by Gasteiger charge is 2.71. The topological polar surface area (TPSA) is 163 Å². The minimum Gasteiger partial charge on any atom is -0.458 e. The van der Waals surface area contributed by atoms with Crippen molar-refractivity contribution in [2.24, 2.45) is 28.6 Å². The molecule has 218 valence electrons. The van der Waals surface area contributed by atoms with E-state index in [9.17, 15) is 35.1 Å². The molecular formula is C29H42O10. The monoisotopic (exact) mass is 550 g/mol. The zero-order valence-corrected chi connectivity index (χ0v) is 22.7. The van der Waals surface area contributed by atoms with E-state index in [1.54, 1.807) is 13.0 Å². The Hall–Kier alpha value is -1.40. The third-order valence-corrected chi connectivity index (χ3v) is 12.0. The minimum atomic E-state index is -1.43. The molecule has 10 heteroatoms. The molecule has 1 saturated heterocycles. The predicted molar refractivity (Wildman–Crippen MR) is 135 cm³/mol. The Bertz CT molecular complexity index is 1050. The molecule has 13 atom stereocenters. The zero-order chi connectivity index (χ0) is 28.0. The van der Waals surface area contributed by atoms with E-state index in [-0.39, 0.29) is 36.8 Å². The summed E-state index contributed by atoms with van der Waals surface area (Å²) in [6, 6.07) is 0. The Labute approximate surface area is 228 Å². The van der Waals surface area contributed by atoms with Crippen LogP contribution in [-0.2, 0) is 23.8 Å². The van der Waals surface area contributed by atoms with Crippen LogP contribution in [0.4, 0.5) is 0 Å². The molecular weight excluding hydrogens is 508 g/mol. The van der Waals surface area contributed by atoms with Crippen LogP contribution in [0, 0.1) is 28.6 Å². The second kappa shape index (κ2) is 9.31. The summed E-state index contributed by atoms with van der Waals surface area (Å²) >= 11 is 0. The minimum absolute atomic E-state index is 0.0465. The molecule has 0 aromatic heterocycles. The summed E-state index contributed by atoms with van der Waals surface area (Å²) < 4.78 is 16.9. The maximum atomic E-state index is 13.0. The smallest absolute Gasteiger partial charge is 0.331 e. The van der Waals surface area contributed by atoms with E-state index in [1.165, 1.54) is 0 Å². The van der Waals surface area contributed by atoms with E-state index in [4.69, 9.17) is 14.2 Å². The molecule has 0 aromatic carbocycles. The van der Waals surface area contributed by atoms with Crippen LogP contribution in [0.25, 0.3) is 0 Å². The normalized spacial score (nSPS) is 55.2. The average Bonchev–Trinajstić information content (AvgIpc) is 3.45. The van der Waals surface area contributed by atoms with Crippen molar-refractivity contribution in [3.8, 4) is 0 Å². The fourth-order valence-electron chi connectivity index (χ4n) is 9.75. The first-order valence-corrected chi connectivity index (χ1v) is 14.5. The van der Waals surface area contributed by atoms with Crippen LogP contribution < -0.4 is 0 Å². The van der Waals surface area contributed by atoms with Gasteiger partial charge >= 0.3 is 5.97 Å². The van der Waals surface area contributed by atoms with Crippen molar-refractivity contribution in [1.82, 2.24) is 0 Å². The summed E-state index contributed by atoms with van der Waals surface area (Å²) in [5.41, 5.74) is -2.86. The van der Waals surface area contributed by atoms with Gasteiger partial charge in [0, 0.05) is 17.9 Å². The van der Waals surface area contributed by atoms with Crippen LogP contribution in [0.3, 0.4) is 0 Å². The van der Waals surface area contributed by atoms with Gasteiger partial charge in [-0.1, -0.05) is 6.92 Å². The van der Waals surface area contributed by atoms with E-state index in [2.05, 4.69) is 6.92 Å². The lowest BCUT2D eigenvalue weighted by molar-refractivity contribution is -0.317. The van der Waals surface area contributed by atoms with Gasteiger partial charge in [-0.25, -0.2) is 4.79 Å². The molecule has 2 heterocycles. The molecule has 4 saturated carbocycles. The number of esters is 1. The molecule has 0 radical (unpaired) electrons. The van der Waals surface area contributed by atoms with Crippen molar-refractivity contribution < 1.29 is 49.3 Å². The van der Waals surface area contributed by atoms with E-state index < -0.39 is 58.8 Å². The highest BCUT2D eigenvalue weighted by molar-refractivity contribution is 5.85. The van der Waals surface area contributed by atoms with Gasteiger partial charge in [0.2, 0.25) is 0 Å². The summed E-state index contributed by atoms with van der Waals surface area (Å²) in [7, 11) is 0. The Morgan fingerprint density at radius 1 is 0.974 bits per heavy atom. The zero-order valence-electron chi connectivity index (χ0n) is 22.7. The summed E-state index contributed by atoms with van der Waals surface area (Å²) in [6.07, 6.45) is 0.689. The van der Waals surface area contributed by atoms with E-state index in [0.717, 1.165) is 18.3 Å². The van der Waals surface area contributed by atoms with Crippen molar-refractivity contribution in [2.45, 2.75) is 120 Å². The fraction of sp³-hybridized carbons (Fsp3) is 0.862. The first-order chi connectivity index (χ1) is 18.4. The summed E-state index contributed by atoms with van der Waals surface area (Å²) in [5.74, 6) is -0.616. The molecule has 6 rings (SSSR count). The number of fused-ring (bicyclic) bond motifs is 5. The number of carbonyl (C=O) groups is 2. The molecule has 4 aliphatic carbocycles. The molecule has 0 unspecified atom stereocenters. The Kier molecular flexibility index (Phi) is 6.62. The highest BCUT2D eigenvalue weighted by Crippen LogP contribution is 2.70. The number of rotatable bonds is 4. The molecule has 0 amide bonds. The van der Waals surface area contributed by atoms with Crippen LogP contribution in [-0.4, -0.2) is 92.4 Å². The Balaban J connectivity index is 1.22.